The van der Waals surface area contributed by atoms with Crippen LogP contribution < -0.4 is 5.32 Å². The van der Waals surface area contributed by atoms with Gasteiger partial charge in [0, 0.05) is 6.61 Å². The minimum absolute atomic E-state index is 0.293. The van der Waals surface area contributed by atoms with Crippen molar-refractivity contribution in [2.45, 2.75) is 46.6 Å². The Morgan fingerprint density at radius 1 is 1.27 bits per heavy atom. The van der Waals surface area contributed by atoms with E-state index in [1.54, 1.807) is 0 Å². The van der Waals surface area contributed by atoms with E-state index in [1.807, 2.05) is 13.8 Å². The monoisotopic (exact) mass is 212 g/mol. The van der Waals surface area contributed by atoms with E-state index < -0.39 is 5.54 Å². The molecule has 0 radical (unpaired) electrons. The summed E-state index contributed by atoms with van der Waals surface area (Å²) < 4.78 is 5.53. The second-order valence-corrected chi connectivity index (χ2v) is 5.34. The number of rotatable bonds is 6. The van der Waals surface area contributed by atoms with Gasteiger partial charge in [0.25, 0.3) is 0 Å². The van der Waals surface area contributed by atoms with Crippen LogP contribution >= 0.6 is 0 Å². The third kappa shape index (κ3) is 7.35. The smallest absolute Gasteiger partial charge is 0.127 e. The zero-order valence-corrected chi connectivity index (χ0v) is 10.7. The van der Waals surface area contributed by atoms with Crippen LogP contribution in [-0.4, -0.2) is 25.3 Å². The molecule has 0 fully saturated rings. The second-order valence-electron chi connectivity index (χ2n) is 5.34. The number of hydrogen-bond acceptors (Lipinski definition) is 3. The van der Waals surface area contributed by atoms with Crippen LogP contribution in [0.2, 0.25) is 0 Å². The summed E-state index contributed by atoms with van der Waals surface area (Å²) in [6.45, 7) is 12.4. The SMILES string of the molecule is CCNC(C)(C#N)COCCC(C)(C)C. The fourth-order valence-electron chi connectivity index (χ4n) is 1.17. The lowest BCUT2D eigenvalue weighted by molar-refractivity contribution is 0.0771. The lowest BCUT2D eigenvalue weighted by Gasteiger charge is -2.24. The van der Waals surface area contributed by atoms with Crippen molar-refractivity contribution in [1.29, 1.82) is 5.26 Å². The van der Waals surface area contributed by atoms with E-state index in [1.165, 1.54) is 0 Å². The molecule has 0 rings (SSSR count). The molecule has 0 aliphatic carbocycles. The predicted octanol–water partition coefficient (Wildman–Crippen LogP) is 2.33. The Morgan fingerprint density at radius 3 is 2.27 bits per heavy atom. The normalized spacial score (nSPS) is 15.7. The molecule has 0 heterocycles. The molecule has 3 nitrogen and oxygen atoms in total. The first-order valence-electron chi connectivity index (χ1n) is 5.57. The Labute approximate surface area is 93.8 Å². The molecule has 0 aliphatic rings. The fraction of sp³-hybridized carbons (Fsp3) is 0.917. The van der Waals surface area contributed by atoms with Crippen molar-refractivity contribution in [2.24, 2.45) is 5.41 Å². The van der Waals surface area contributed by atoms with Gasteiger partial charge in [0.05, 0.1) is 12.7 Å². The maximum atomic E-state index is 8.98. The Hall–Kier alpha value is -0.590. The van der Waals surface area contributed by atoms with Crippen LogP contribution in [0.25, 0.3) is 0 Å². The molecule has 1 atom stereocenters. The van der Waals surface area contributed by atoms with Gasteiger partial charge in [-0.25, -0.2) is 0 Å². The van der Waals surface area contributed by atoms with Crippen LogP contribution in [0.15, 0.2) is 0 Å². The maximum absolute atomic E-state index is 8.98. The first kappa shape index (κ1) is 14.4. The van der Waals surface area contributed by atoms with E-state index in [4.69, 9.17) is 10.00 Å². The lowest BCUT2D eigenvalue weighted by Crippen LogP contribution is -2.45. The topological polar surface area (TPSA) is 45.0 Å². The zero-order valence-electron chi connectivity index (χ0n) is 10.7. The van der Waals surface area contributed by atoms with Crippen molar-refractivity contribution < 1.29 is 4.74 Å². The predicted molar refractivity (Wildman–Crippen MR) is 62.6 cm³/mol. The van der Waals surface area contributed by atoms with E-state index in [-0.39, 0.29) is 0 Å². The number of likely N-dealkylation sites (N-methyl/N-ethyl adjacent to an activating group) is 1. The molecule has 3 heteroatoms. The summed E-state index contributed by atoms with van der Waals surface area (Å²) in [5.41, 5.74) is -0.256. The van der Waals surface area contributed by atoms with Crippen LogP contribution in [0.3, 0.4) is 0 Å². The van der Waals surface area contributed by atoms with Crippen molar-refractivity contribution in [2.75, 3.05) is 19.8 Å². The third-order valence-corrected chi connectivity index (χ3v) is 2.20. The third-order valence-electron chi connectivity index (χ3n) is 2.20. The van der Waals surface area contributed by atoms with Crippen molar-refractivity contribution in [3.63, 3.8) is 0 Å². The van der Waals surface area contributed by atoms with Crippen LogP contribution in [0, 0.1) is 16.7 Å². The van der Waals surface area contributed by atoms with E-state index in [2.05, 4.69) is 32.2 Å². The van der Waals surface area contributed by atoms with Gasteiger partial charge in [0.15, 0.2) is 0 Å². The highest BCUT2D eigenvalue weighted by molar-refractivity contribution is 5.03. The first-order valence-corrected chi connectivity index (χ1v) is 5.57. The molecule has 0 aliphatic heterocycles. The summed E-state index contributed by atoms with van der Waals surface area (Å²) in [5.74, 6) is 0. The molecule has 88 valence electrons. The van der Waals surface area contributed by atoms with Crippen LogP contribution in [0.1, 0.15) is 41.0 Å². The van der Waals surface area contributed by atoms with Gasteiger partial charge in [-0.15, -0.1) is 0 Å². The Morgan fingerprint density at radius 2 is 1.87 bits per heavy atom. The maximum Gasteiger partial charge on any atom is 0.127 e. The minimum Gasteiger partial charge on any atom is -0.378 e. The summed E-state index contributed by atoms with van der Waals surface area (Å²) in [7, 11) is 0. The summed E-state index contributed by atoms with van der Waals surface area (Å²) in [4.78, 5) is 0. The lowest BCUT2D eigenvalue weighted by atomic mass is 9.93. The number of ether oxygens (including phenoxy) is 1. The van der Waals surface area contributed by atoms with E-state index in [9.17, 15) is 0 Å². The Bertz CT molecular complexity index is 215. The van der Waals surface area contributed by atoms with Gasteiger partial charge in [-0.05, 0) is 25.3 Å². The van der Waals surface area contributed by atoms with Crippen molar-refractivity contribution in [3.8, 4) is 6.07 Å². The van der Waals surface area contributed by atoms with E-state index in [0.717, 1.165) is 13.0 Å². The Kier molecular flexibility index (Phi) is 5.85. The van der Waals surface area contributed by atoms with Crippen LogP contribution in [0.4, 0.5) is 0 Å². The van der Waals surface area contributed by atoms with Gasteiger partial charge in [0.2, 0.25) is 0 Å². The van der Waals surface area contributed by atoms with Gasteiger partial charge in [-0.2, -0.15) is 5.26 Å². The quantitative estimate of drug-likeness (QED) is 0.687. The average Bonchev–Trinajstić information content (AvgIpc) is 2.12. The molecule has 0 aromatic carbocycles. The molecule has 0 amide bonds. The van der Waals surface area contributed by atoms with Gasteiger partial charge < -0.3 is 4.74 Å². The molecule has 0 aromatic rings. The summed E-state index contributed by atoms with van der Waals surface area (Å²) in [6, 6.07) is 2.24. The number of hydrogen-bond donors (Lipinski definition) is 1. The molecule has 0 spiro atoms. The molecular weight excluding hydrogens is 188 g/mol. The van der Waals surface area contributed by atoms with Crippen LogP contribution in [0.5, 0.6) is 0 Å². The zero-order chi connectivity index (χ0) is 11.9. The number of nitriles is 1. The van der Waals surface area contributed by atoms with E-state index in [0.29, 0.717) is 18.6 Å². The highest BCUT2D eigenvalue weighted by Crippen LogP contribution is 2.18. The fourth-order valence-corrected chi connectivity index (χ4v) is 1.17. The number of nitrogens with one attached hydrogen (secondary N) is 1. The summed E-state index contributed by atoms with van der Waals surface area (Å²) >= 11 is 0. The Balaban J connectivity index is 3.79. The molecule has 0 aromatic heterocycles. The van der Waals surface area contributed by atoms with Crippen LogP contribution in [-0.2, 0) is 4.74 Å². The second kappa shape index (κ2) is 6.09. The number of nitrogens with zero attached hydrogens (tertiary/aromatic N) is 1. The van der Waals surface area contributed by atoms with Crippen molar-refractivity contribution in [1.82, 2.24) is 5.32 Å². The summed E-state index contributed by atoms with van der Waals surface area (Å²) in [5, 5.41) is 12.1. The first-order chi connectivity index (χ1) is 6.83. The van der Waals surface area contributed by atoms with E-state index >= 15 is 0 Å². The average molecular weight is 212 g/mol. The highest BCUT2D eigenvalue weighted by Gasteiger charge is 2.22. The molecule has 15 heavy (non-hydrogen) atoms. The van der Waals surface area contributed by atoms with Gasteiger partial charge in [0.1, 0.15) is 5.54 Å². The highest BCUT2D eigenvalue weighted by atomic mass is 16.5. The molecule has 0 saturated heterocycles. The van der Waals surface area contributed by atoms with Gasteiger partial charge >= 0.3 is 0 Å². The standard InChI is InChI=1S/C12H24N2O/c1-6-14-12(5,9-13)10-15-8-7-11(2,3)4/h14H,6-8,10H2,1-5H3. The largest absolute Gasteiger partial charge is 0.378 e. The van der Waals surface area contributed by atoms with Crippen molar-refractivity contribution >= 4 is 0 Å². The molecule has 1 N–H and O–H groups in total. The molecule has 0 bridgehead atoms. The van der Waals surface area contributed by atoms with Crippen molar-refractivity contribution in [3.05, 3.63) is 0 Å². The minimum atomic E-state index is -0.549. The van der Waals surface area contributed by atoms with Gasteiger partial charge in [-0.3, -0.25) is 5.32 Å². The molecular formula is C12H24N2O. The molecule has 0 saturated carbocycles. The van der Waals surface area contributed by atoms with Gasteiger partial charge in [-0.1, -0.05) is 27.7 Å². The molecule has 1 unspecified atom stereocenters. The summed E-state index contributed by atoms with van der Waals surface area (Å²) in [6.07, 6.45) is 1.01.